The molecule has 88 valence electrons. The van der Waals surface area contributed by atoms with Crippen LogP contribution in [0.1, 0.15) is 5.69 Å². The van der Waals surface area contributed by atoms with Crippen molar-refractivity contribution >= 4 is 11.5 Å². The van der Waals surface area contributed by atoms with Crippen LogP contribution in [0.3, 0.4) is 0 Å². The molecule has 0 aliphatic carbocycles. The molecule has 7 nitrogen and oxygen atoms in total. The van der Waals surface area contributed by atoms with Gasteiger partial charge in [0.2, 0.25) is 0 Å². The van der Waals surface area contributed by atoms with Gasteiger partial charge in [-0.1, -0.05) is 6.07 Å². The summed E-state index contributed by atoms with van der Waals surface area (Å²) in [6.45, 7) is 0.406. The fourth-order valence-electron chi connectivity index (χ4n) is 1.41. The van der Waals surface area contributed by atoms with Crippen molar-refractivity contribution < 1.29 is 4.92 Å². The smallest absolute Gasteiger partial charge is 0.307 e. The molecule has 17 heavy (non-hydrogen) atoms. The second-order valence-electron chi connectivity index (χ2n) is 3.42. The molecule has 0 aromatic carbocycles. The molecule has 0 fully saturated rings. The SMILES string of the molecule is CNc1cccc(Cn2cc([N+](=O)[O-])cn2)n1. The Balaban J connectivity index is 2.16. The maximum atomic E-state index is 10.5. The van der Waals surface area contributed by atoms with E-state index in [1.54, 1.807) is 7.05 Å². The average molecular weight is 233 g/mol. The summed E-state index contributed by atoms with van der Waals surface area (Å²) in [6, 6.07) is 5.55. The minimum absolute atomic E-state index is 0.0187. The zero-order valence-electron chi connectivity index (χ0n) is 9.20. The maximum absolute atomic E-state index is 10.5. The van der Waals surface area contributed by atoms with E-state index in [0.29, 0.717) is 6.54 Å². The van der Waals surface area contributed by atoms with E-state index in [1.807, 2.05) is 18.2 Å². The van der Waals surface area contributed by atoms with Crippen LogP contribution in [0.4, 0.5) is 11.5 Å². The third-order valence-electron chi connectivity index (χ3n) is 2.22. The van der Waals surface area contributed by atoms with Gasteiger partial charge in [-0.3, -0.25) is 14.8 Å². The van der Waals surface area contributed by atoms with E-state index in [-0.39, 0.29) is 5.69 Å². The molecule has 2 rings (SSSR count). The highest BCUT2D eigenvalue weighted by Crippen LogP contribution is 2.10. The minimum Gasteiger partial charge on any atom is -0.373 e. The number of pyridine rings is 1. The fraction of sp³-hybridized carbons (Fsp3) is 0.200. The molecule has 0 saturated carbocycles. The summed E-state index contributed by atoms with van der Waals surface area (Å²) in [6.07, 6.45) is 2.61. The Hall–Kier alpha value is -2.44. The van der Waals surface area contributed by atoms with Crippen LogP contribution in [0.25, 0.3) is 0 Å². The molecule has 2 aromatic rings. The summed E-state index contributed by atoms with van der Waals surface area (Å²) in [5.74, 6) is 0.754. The molecule has 1 N–H and O–H groups in total. The van der Waals surface area contributed by atoms with E-state index in [0.717, 1.165) is 11.5 Å². The number of hydrogen-bond donors (Lipinski definition) is 1. The summed E-state index contributed by atoms with van der Waals surface area (Å²) >= 11 is 0. The Morgan fingerprint density at radius 3 is 3.00 bits per heavy atom. The largest absolute Gasteiger partial charge is 0.373 e. The van der Waals surface area contributed by atoms with Crippen molar-refractivity contribution in [3.05, 3.63) is 46.4 Å². The Morgan fingerprint density at radius 1 is 1.53 bits per heavy atom. The molecular formula is C10H11N5O2. The molecule has 0 unspecified atom stereocenters. The normalized spacial score (nSPS) is 10.2. The predicted molar refractivity (Wildman–Crippen MR) is 61.8 cm³/mol. The van der Waals surface area contributed by atoms with Crippen LogP contribution < -0.4 is 5.32 Å². The average Bonchev–Trinajstić information content (AvgIpc) is 2.78. The molecule has 0 amide bonds. The minimum atomic E-state index is -0.471. The van der Waals surface area contributed by atoms with Gasteiger partial charge < -0.3 is 5.32 Å². The van der Waals surface area contributed by atoms with Crippen LogP contribution in [0, 0.1) is 10.1 Å². The van der Waals surface area contributed by atoms with E-state index in [1.165, 1.54) is 17.1 Å². The lowest BCUT2D eigenvalue weighted by Gasteiger charge is -2.03. The summed E-state index contributed by atoms with van der Waals surface area (Å²) in [5, 5.41) is 17.3. The third-order valence-corrected chi connectivity index (χ3v) is 2.22. The summed E-state index contributed by atoms with van der Waals surface area (Å²) in [5.41, 5.74) is 0.768. The first-order valence-electron chi connectivity index (χ1n) is 4.99. The molecule has 0 bridgehead atoms. The van der Waals surface area contributed by atoms with Crippen LogP contribution in [0.2, 0.25) is 0 Å². The molecule has 2 heterocycles. The summed E-state index contributed by atoms with van der Waals surface area (Å²) in [4.78, 5) is 14.3. The molecule has 7 heteroatoms. The number of aromatic nitrogens is 3. The van der Waals surface area contributed by atoms with Gasteiger partial charge in [0.15, 0.2) is 0 Å². The monoisotopic (exact) mass is 233 g/mol. The molecule has 2 aromatic heterocycles. The van der Waals surface area contributed by atoms with Crippen LogP contribution >= 0.6 is 0 Å². The van der Waals surface area contributed by atoms with Crippen LogP contribution in [-0.4, -0.2) is 26.7 Å². The molecule has 0 aliphatic heterocycles. The Bertz CT molecular complexity index is 537. The van der Waals surface area contributed by atoms with E-state index in [2.05, 4.69) is 15.4 Å². The highest BCUT2D eigenvalue weighted by Gasteiger charge is 2.09. The number of nitrogens with one attached hydrogen (secondary N) is 1. The zero-order valence-corrected chi connectivity index (χ0v) is 9.20. The lowest BCUT2D eigenvalue weighted by atomic mass is 10.3. The first kappa shape index (κ1) is 11.1. The van der Waals surface area contributed by atoms with Gasteiger partial charge in [-0.2, -0.15) is 5.10 Å². The number of anilines is 1. The van der Waals surface area contributed by atoms with Crippen molar-refractivity contribution in [2.75, 3.05) is 12.4 Å². The number of nitro groups is 1. The Labute approximate surface area is 97.2 Å². The molecule has 0 spiro atoms. The lowest BCUT2D eigenvalue weighted by Crippen LogP contribution is -2.03. The summed E-state index contributed by atoms with van der Waals surface area (Å²) in [7, 11) is 1.78. The second-order valence-corrected chi connectivity index (χ2v) is 3.42. The Morgan fingerprint density at radius 2 is 2.35 bits per heavy atom. The van der Waals surface area contributed by atoms with Crippen molar-refractivity contribution in [1.82, 2.24) is 14.8 Å². The highest BCUT2D eigenvalue weighted by atomic mass is 16.6. The van der Waals surface area contributed by atoms with E-state index in [4.69, 9.17) is 0 Å². The highest BCUT2D eigenvalue weighted by molar-refractivity contribution is 5.34. The van der Waals surface area contributed by atoms with Crippen molar-refractivity contribution in [3.8, 4) is 0 Å². The first-order valence-corrected chi connectivity index (χ1v) is 4.99. The van der Waals surface area contributed by atoms with Gasteiger partial charge in [0.05, 0.1) is 17.2 Å². The third kappa shape index (κ3) is 2.57. The van der Waals surface area contributed by atoms with E-state index < -0.39 is 4.92 Å². The molecule has 0 atom stereocenters. The molecule has 0 aliphatic rings. The Kier molecular flexibility index (Phi) is 2.99. The summed E-state index contributed by atoms with van der Waals surface area (Å²) < 4.78 is 1.49. The second kappa shape index (κ2) is 4.60. The molecular weight excluding hydrogens is 222 g/mol. The van der Waals surface area contributed by atoms with Gasteiger partial charge in [0.25, 0.3) is 0 Å². The van der Waals surface area contributed by atoms with Gasteiger partial charge >= 0.3 is 5.69 Å². The van der Waals surface area contributed by atoms with Crippen molar-refractivity contribution in [2.24, 2.45) is 0 Å². The molecule has 0 radical (unpaired) electrons. The van der Waals surface area contributed by atoms with E-state index in [9.17, 15) is 10.1 Å². The van der Waals surface area contributed by atoms with Crippen LogP contribution in [0.5, 0.6) is 0 Å². The van der Waals surface area contributed by atoms with E-state index >= 15 is 0 Å². The fourth-order valence-corrected chi connectivity index (χ4v) is 1.41. The van der Waals surface area contributed by atoms with Crippen molar-refractivity contribution in [3.63, 3.8) is 0 Å². The van der Waals surface area contributed by atoms with Gasteiger partial charge in [0, 0.05) is 7.05 Å². The topological polar surface area (TPSA) is 85.9 Å². The predicted octanol–water partition coefficient (Wildman–Crippen LogP) is 1.28. The van der Waals surface area contributed by atoms with Crippen LogP contribution in [0.15, 0.2) is 30.6 Å². The number of hydrogen-bond acceptors (Lipinski definition) is 5. The number of rotatable bonds is 4. The van der Waals surface area contributed by atoms with Gasteiger partial charge in [0.1, 0.15) is 18.2 Å². The molecule has 0 saturated heterocycles. The first-order chi connectivity index (χ1) is 8.19. The van der Waals surface area contributed by atoms with Crippen LogP contribution in [-0.2, 0) is 6.54 Å². The van der Waals surface area contributed by atoms with Gasteiger partial charge in [-0.25, -0.2) is 4.98 Å². The van der Waals surface area contributed by atoms with Crippen molar-refractivity contribution in [2.45, 2.75) is 6.54 Å². The number of nitrogens with zero attached hydrogens (tertiary/aromatic N) is 4. The standard InChI is InChI=1S/C10H11N5O2/c1-11-10-4-2-3-8(13-10)6-14-7-9(5-12-14)15(16)17/h2-5,7H,6H2,1H3,(H,11,13). The zero-order chi connectivity index (χ0) is 12.3. The van der Waals surface area contributed by atoms with Gasteiger partial charge in [-0.15, -0.1) is 0 Å². The lowest BCUT2D eigenvalue weighted by molar-refractivity contribution is -0.385. The van der Waals surface area contributed by atoms with Gasteiger partial charge in [-0.05, 0) is 12.1 Å². The quantitative estimate of drug-likeness (QED) is 0.635. The maximum Gasteiger partial charge on any atom is 0.307 e. The van der Waals surface area contributed by atoms with Crippen molar-refractivity contribution in [1.29, 1.82) is 0 Å².